The Kier molecular flexibility index (Phi) is 10.1. The number of methoxy groups -OCH3 is 1. The van der Waals surface area contributed by atoms with E-state index in [1.54, 1.807) is 14.0 Å². The number of benzene rings is 1. The summed E-state index contributed by atoms with van der Waals surface area (Å²) < 4.78 is 18.1. The highest BCUT2D eigenvalue weighted by molar-refractivity contribution is 5.93. The SMILES string of the molecule is CCCCCc1cccc(C[C@@H]2C[C@H]3[C@@H]4C(=CCCN3[C@H]([C@@H](O)C[C@@H]3CCCC35CCCC5)C2)O/C(=C2\OC(=O)C(C)=C2OC)[C@H]4C)c1. The Morgan fingerprint density at radius 2 is 1.88 bits per heavy atom. The number of cyclic esters (lactones) is 1. The van der Waals surface area contributed by atoms with Crippen molar-refractivity contribution in [1.29, 1.82) is 0 Å². The number of hydrogen-bond acceptors (Lipinski definition) is 6. The molecule has 262 valence electrons. The summed E-state index contributed by atoms with van der Waals surface area (Å²) in [7, 11) is 1.59. The van der Waals surface area contributed by atoms with E-state index in [9.17, 15) is 9.90 Å². The molecule has 6 aliphatic rings. The van der Waals surface area contributed by atoms with Gasteiger partial charge in [-0.15, -0.1) is 0 Å². The van der Waals surface area contributed by atoms with Crippen LogP contribution >= 0.6 is 0 Å². The van der Waals surface area contributed by atoms with Crippen LogP contribution in [0.4, 0.5) is 0 Å². The van der Waals surface area contributed by atoms with Crippen LogP contribution in [0.2, 0.25) is 0 Å². The van der Waals surface area contributed by atoms with Crippen LogP contribution in [-0.4, -0.2) is 47.8 Å². The van der Waals surface area contributed by atoms with Gasteiger partial charge in [-0.2, -0.15) is 0 Å². The third-order valence-electron chi connectivity index (χ3n) is 13.4. The first kappa shape index (κ1) is 33.9. The van der Waals surface area contributed by atoms with Crippen molar-refractivity contribution in [2.24, 2.45) is 29.1 Å². The molecular formula is C42H59NO5. The van der Waals surface area contributed by atoms with Crippen LogP contribution in [0.15, 0.2) is 59.0 Å². The monoisotopic (exact) mass is 657 g/mol. The molecule has 6 heteroatoms. The van der Waals surface area contributed by atoms with E-state index in [-0.39, 0.29) is 36.0 Å². The maximum absolute atomic E-state index is 12.6. The largest absolute Gasteiger partial charge is 0.492 e. The number of aryl methyl sites for hydroxylation is 1. The second-order valence-corrected chi connectivity index (χ2v) is 16.2. The molecule has 1 aromatic rings. The molecule has 48 heavy (non-hydrogen) atoms. The minimum atomic E-state index is -0.363. The number of allylic oxidation sites excluding steroid dienone is 1. The van der Waals surface area contributed by atoms with E-state index in [1.165, 1.54) is 75.3 Å². The highest BCUT2D eigenvalue weighted by Crippen LogP contribution is 2.56. The molecule has 4 aliphatic heterocycles. The van der Waals surface area contributed by atoms with Gasteiger partial charge >= 0.3 is 5.97 Å². The number of carbonyl (C=O) groups is 1. The molecular weight excluding hydrogens is 598 g/mol. The Morgan fingerprint density at radius 1 is 1.08 bits per heavy atom. The number of rotatable bonds is 10. The van der Waals surface area contributed by atoms with Gasteiger partial charge in [-0.1, -0.05) is 70.2 Å². The zero-order chi connectivity index (χ0) is 33.4. The number of esters is 1. The quantitative estimate of drug-likeness (QED) is 0.200. The van der Waals surface area contributed by atoms with E-state index >= 15 is 0 Å². The van der Waals surface area contributed by atoms with Gasteiger partial charge in [-0.05, 0) is 112 Å². The van der Waals surface area contributed by atoms with Crippen molar-refractivity contribution >= 4 is 5.97 Å². The second kappa shape index (κ2) is 14.3. The Balaban J connectivity index is 1.18. The van der Waals surface area contributed by atoms with Gasteiger partial charge in [-0.3, -0.25) is 4.90 Å². The average molecular weight is 658 g/mol. The lowest BCUT2D eigenvalue weighted by atomic mass is 9.70. The van der Waals surface area contributed by atoms with E-state index in [0.717, 1.165) is 50.8 Å². The topological polar surface area (TPSA) is 68.2 Å². The lowest BCUT2D eigenvalue weighted by molar-refractivity contribution is -0.133. The Hall–Kier alpha value is -2.57. The predicted molar refractivity (Wildman–Crippen MR) is 189 cm³/mol. The number of ether oxygens (including phenoxy) is 3. The Bertz CT molecular complexity index is 1430. The summed E-state index contributed by atoms with van der Waals surface area (Å²) in [6.07, 6.45) is 21.3. The van der Waals surface area contributed by atoms with E-state index in [0.29, 0.717) is 40.1 Å². The zero-order valence-corrected chi connectivity index (χ0v) is 30.0. The van der Waals surface area contributed by atoms with Crippen LogP contribution in [0.1, 0.15) is 122 Å². The van der Waals surface area contributed by atoms with Crippen molar-refractivity contribution in [3.63, 3.8) is 0 Å². The van der Waals surface area contributed by atoms with Gasteiger partial charge in [0.1, 0.15) is 5.76 Å². The molecule has 1 spiro atoms. The molecule has 7 atom stereocenters. The van der Waals surface area contributed by atoms with Gasteiger partial charge < -0.3 is 19.3 Å². The Labute approximate surface area is 289 Å². The fourth-order valence-electron chi connectivity index (χ4n) is 11.0. The van der Waals surface area contributed by atoms with E-state index in [2.05, 4.69) is 49.1 Å². The molecule has 2 saturated carbocycles. The number of aliphatic hydroxyl groups excluding tert-OH is 1. The van der Waals surface area contributed by atoms with Gasteiger partial charge in [-0.25, -0.2) is 4.79 Å². The summed E-state index contributed by atoms with van der Waals surface area (Å²) >= 11 is 0. The van der Waals surface area contributed by atoms with Crippen molar-refractivity contribution < 1.29 is 24.1 Å². The van der Waals surface area contributed by atoms with Crippen LogP contribution in [0.5, 0.6) is 0 Å². The molecule has 7 rings (SSSR count). The summed E-state index contributed by atoms with van der Waals surface area (Å²) in [5, 5.41) is 12.3. The lowest BCUT2D eigenvalue weighted by Gasteiger charge is -2.49. The summed E-state index contributed by atoms with van der Waals surface area (Å²) in [6, 6.07) is 9.70. The molecule has 4 heterocycles. The van der Waals surface area contributed by atoms with Crippen LogP contribution in [-0.2, 0) is 31.8 Å². The van der Waals surface area contributed by atoms with E-state index in [4.69, 9.17) is 14.2 Å². The average Bonchev–Trinajstić information content (AvgIpc) is 3.83. The summed E-state index contributed by atoms with van der Waals surface area (Å²) in [4.78, 5) is 15.3. The molecule has 1 N–H and O–H groups in total. The number of fused-ring (bicyclic) bond motifs is 3. The van der Waals surface area contributed by atoms with Crippen LogP contribution < -0.4 is 0 Å². The number of aliphatic hydroxyl groups is 1. The molecule has 0 aromatic heterocycles. The third-order valence-corrected chi connectivity index (χ3v) is 13.4. The zero-order valence-electron chi connectivity index (χ0n) is 30.0. The summed E-state index contributed by atoms with van der Waals surface area (Å²) in [6.45, 7) is 7.20. The normalized spacial score (nSPS) is 33.7. The molecule has 4 fully saturated rings. The first-order chi connectivity index (χ1) is 23.3. The maximum Gasteiger partial charge on any atom is 0.343 e. The molecule has 1 aromatic carbocycles. The molecule has 2 saturated heterocycles. The Morgan fingerprint density at radius 3 is 2.67 bits per heavy atom. The van der Waals surface area contributed by atoms with Crippen molar-refractivity contribution in [3.8, 4) is 0 Å². The van der Waals surface area contributed by atoms with Crippen molar-refractivity contribution in [2.75, 3.05) is 13.7 Å². The second-order valence-electron chi connectivity index (χ2n) is 16.2. The molecule has 0 radical (unpaired) electrons. The molecule has 6 nitrogen and oxygen atoms in total. The maximum atomic E-state index is 12.6. The van der Waals surface area contributed by atoms with Crippen LogP contribution in [0.25, 0.3) is 0 Å². The minimum absolute atomic E-state index is 0.0238. The van der Waals surface area contributed by atoms with Gasteiger partial charge in [0.05, 0.1) is 18.8 Å². The standard InChI is InChI=1S/C42H59NO5/c1-5-6-7-13-29-14-10-15-30(22-29)23-31-24-33(35(44)26-32-16-11-20-42(32)18-8-9-19-42)43-21-12-17-36-37(34(43)25-31)27(2)39(47-36)40-38(46-4)28(3)41(45)48-40/h10,14-15,17,22,27,31-35,37,44H,5-9,11-13,16,18-21,23-26H2,1-4H3/b40-39-/t27-,31-,32-,33-,34-,35-,37+/m0/s1. The predicted octanol–water partition coefficient (Wildman–Crippen LogP) is 8.78. The third kappa shape index (κ3) is 6.41. The van der Waals surface area contributed by atoms with E-state index < -0.39 is 0 Å². The first-order valence-corrected chi connectivity index (χ1v) is 19.4. The highest BCUT2D eigenvalue weighted by atomic mass is 16.6. The smallest absolute Gasteiger partial charge is 0.343 e. The van der Waals surface area contributed by atoms with Gasteiger partial charge in [0.15, 0.2) is 11.5 Å². The van der Waals surface area contributed by atoms with Crippen molar-refractivity contribution in [2.45, 2.75) is 142 Å². The lowest BCUT2D eigenvalue weighted by Crippen LogP contribution is -2.57. The summed E-state index contributed by atoms with van der Waals surface area (Å²) in [5.74, 6) is 3.57. The van der Waals surface area contributed by atoms with Crippen LogP contribution in [0, 0.1) is 29.1 Å². The fraction of sp³-hybridized carbons (Fsp3) is 0.690. The number of unbranched alkanes of at least 4 members (excludes halogenated alkanes) is 2. The van der Waals surface area contributed by atoms with Crippen molar-refractivity contribution in [3.05, 3.63) is 70.1 Å². The number of carbonyl (C=O) groups excluding carboxylic acids is 1. The van der Waals surface area contributed by atoms with E-state index in [1.807, 2.05) is 0 Å². The molecule has 2 aliphatic carbocycles. The number of hydrogen-bond donors (Lipinski definition) is 1. The molecule has 0 amide bonds. The fourth-order valence-corrected chi connectivity index (χ4v) is 11.0. The number of piperidine rings is 1. The van der Waals surface area contributed by atoms with Gasteiger partial charge in [0, 0.05) is 30.5 Å². The van der Waals surface area contributed by atoms with Crippen molar-refractivity contribution in [1.82, 2.24) is 4.90 Å². The molecule has 0 unspecified atom stereocenters. The highest BCUT2D eigenvalue weighted by Gasteiger charge is 2.52. The van der Waals surface area contributed by atoms with Gasteiger partial charge in [0.25, 0.3) is 0 Å². The van der Waals surface area contributed by atoms with Gasteiger partial charge in [0.2, 0.25) is 5.76 Å². The van der Waals surface area contributed by atoms with Crippen LogP contribution in [0.3, 0.4) is 0 Å². The summed E-state index contributed by atoms with van der Waals surface area (Å²) in [5.41, 5.74) is 3.86. The molecule has 0 bridgehead atoms. The number of nitrogens with zero attached hydrogens (tertiary/aromatic N) is 1. The first-order valence-electron chi connectivity index (χ1n) is 19.4. The minimum Gasteiger partial charge on any atom is -0.492 e.